The van der Waals surface area contributed by atoms with Crippen molar-refractivity contribution in [2.24, 2.45) is 11.8 Å². The number of methoxy groups -OCH3 is 1. The van der Waals surface area contributed by atoms with E-state index >= 15 is 0 Å². The lowest BCUT2D eigenvalue weighted by Crippen LogP contribution is -2.53. The minimum Gasteiger partial charge on any atom is -0.467 e. The van der Waals surface area contributed by atoms with E-state index in [-0.39, 0.29) is 5.91 Å². The molecule has 0 saturated carbocycles. The summed E-state index contributed by atoms with van der Waals surface area (Å²) in [6.07, 6.45) is 0. The van der Waals surface area contributed by atoms with Crippen LogP contribution < -0.4 is 10.2 Å². The second-order valence-electron chi connectivity index (χ2n) is 8.50. The van der Waals surface area contributed by atoms with E-state index in [4.69, 9.17) is 4.74 Å². The summed E-state index contributed by atoms with van der Waals surface area (Å²) in [5, 5.41) is 3.42. The maximum absolute atomic E-state index is 13.9. The maximum Gasteiger partial charge on any atom is 0.331 e. The largest absolute Gasteiger partial charge is 0.467 e. The highest BCUT2D eigenvalue weighted by molar-refractivity contribution is 6.24. The van der Waals surface area contributed by atoms with Gasteiger partial charge in [0.05, 0.1) is 24.6 Å². The van der Waals surface area contributed by atoms with Crippen LogP contribution >= 0.6 is 0 Å². The van der Waals surface area contributed by atoms with Gasteiger partial charge < -0.3 is 4.74 Å². The van der Waals surface area contributed by atoms with Gasteiger partial charge in [-0.25, -0.2) is 9.69 Å². The van der Waals surface area contributed by atoms with Crippen molar-refractivity contribution >= 4 is 23.5 Å². The number of hydrogen-bond donors (Lipinski definition) is 1. The number of para-hydroxylation sites is 1. The molecule has 2 aliphatic heterocycles. The molecule has 0 aliphatic carbocycles. The number of imide groups is 1. The van der Waals surface area contributed by atoms with Gasteiger partial charge in [0.25, 0.3) is 0 Å². The molecule has 3 aromatic carbocycles. The number of ether oxygens (including phenoxy) is 1. The van der Waals surface area contributed by atoms with Crippen molar-refractivity contribution in [2.45, 2.75) is 18.5 Å². The number of anilines is 1. The monoisotopic (exact) mass is 440 g/mol. The van der Waals surface area contributed by atoms with Crippen LogP contribution in [-0.4, -0.2) is 24.9 Å². The standard InChI is InChI=1S/C27H24N2O4/c1-17-11-9-10-16-20(17)23-21-22(25(31)29(24(21)30)19-14-7-4-8-15-19)27(28-23,26(32)33-2)18-12-5-3-6-13-18/h3-16,21-23,28H,1-2H3/t21-,22+,23+,27+/m0/s1. The van der Waals surface area contributed by atoms with Crippen LogP contribution in [0, 0.1) is 18.8 Å². The number of hydrogen-bond acceptors (Lipinski definition) is 5. The van der Waals surface area contributed by atoms with Crippen LogP contribution in [0.1, 0.15) is 22.7 Å². The van der Waals surface area contributed by atoms with Gasteiger partial charge in [-0.2, -0.15) is 0 Å². The number of esters is 1. The normalized spacial score (nSPS) is 26.4. The van der Waals surface area contributed by atoms with Crippen molar-refractivity contribution in [1.29, 1.82) is 0 Å². The van der Waals surface area contributed by atoms with Gasteiger partial charge in [0.2, 0.25) is 11.8 Å². The van der Waals surface area contributed by atoms with Crippen LogP contribution in [0.5, 0.6) is 0 Å². The van der Waals surface area contributed by atoms with Crippen molar-refractivity contribution in [2.75, 3.05) is 12.0 Å². The first-order chi connectivity index (χ1) is 16.0. The van der Waals surface area contributed by atoms with Crippen LogP contribution in [0.15, 0.2) is 84.9 Å². The molecule has 166 valence electrons. The molecule has 6 nitrogen and oxygen atoms in total. The fourth-order valence-corrected chi connectivity index (χ4v) is 5.37. The molecule has 3 aromatic rings. The molecule has 2 heterocycles. The zero-order chi connectivity index (χ0) is 23.2. The van der Waals surface area contributed by atoms with E-state index in [2.05, 4.69) is 5.32 Å². The third-order valence-corrected chi connectivity index (χ3v) is 6.83. The van der Waals surface area contributed by atoms with E-state index < -0.39 is 35.3 Å². The lowest BCUT2D eigenvalue weighted by atomic mass is 9.75. The van der Waals surface area contributed by atoms with Crippen LogP contribution in [-0.2, 0) is 24.7 Å². The highest BCUT2D eigenvalue weighted by atomic mass is 16.5. The Morgan fingerprint density at radius 2 is 1.48 bits per heavy atom. The first-order valence-electron chi connectivity index (χ1n) is 10.9. The lowest BCUT2D eigenvalue weighted by Gasteiger charge is -2.33. The van der Waals surface area contributed by atoms with Gasteiger partial charge in [0.1, 0.15) is 0 Å². The van der Waals surface area contributed by atoms with E-state index in [1.54, 1.807) is 36.4 Å². The predicted molar refractivity (Wildman–Crippen MR) is 123 cm³/mol. The maximum atomic E-state index is 13.9. The highest BCUT2D eigenvalue weighted by Crippen LogP contribution is 2.54. The van der Waals surface area contributed by atoms with Crippen LogP contribution in [0.3, 0.4) is 0 Å². The molecular weight excluding hydrogens is 416 g/mol. The molecule has 6 heteroatoms. The molecule has 0 bridgehead atoms. The molecule has 4 atom stereocenters. The second kappa shape index (κ2) is 7.98. The van der Waals surface area contributed by atoms with E-state index in [9.17, 15) is 14.4 Å². The number of benzene rings is 3. The van der Waals surface area contributed by atoms with Gasteiger partial charge >= 0.3 is 5.97 Å². The van der Waals surface area contributed by atoms with Gasteiger partial charge in [-0.1, -0.05) is 72.8 Å². The predicted octanol–water partition coefficient (Wildman–Crippen LogP) is 3.51. The van der Waals surface area contributed by atoms with Crippen LogP contribution in [0.4, 0.5) is 5.69 Å². The van der Waals surface area contributed by atoms with E-state index in [0.29, 0.717) is 11.3 Å². The number of rotatable bonds is 4. The Morgan fingerprint density at radius 3 is 2.12 bits per heavy atom. The first-order valence-corrected chi connectivity index (χ1v) is 10.9. The highest BCUT2D eigenvalue weighted by Gasteiger charge is 2.69. The number of carbonyl (C=O) groups is 3. The number of nitrogens with one attached hydrogen (secondary N) is 1. The Labute approximate surface area is 192 Å². The molecule has 0 radical (unpaired) electrons. The molecule has 0 unspecified atom stereocenters. The lowest BCUT2D eigenvalue weighted by molar-refractivity contribution is -0.152. The van der Waals surface area contributed by atoms with Gasteiger partial charge in [0.15, 0.2) is 5.54 Å². The SMILES string of the molecule is COC(=O)[C@]1(c2ccccc2)N[C@H](c2ccccc2C)[C@H]2C(=O)N(c3ccccc3)C(=O)[C@@H]21. The van der Waals surface area contributed by atoms with E-state index in [1.165, 1.54) is 12.0 Å². The summed E-state index contributed by atoms with van der Waals surface area (Å²) in [7, 11) is 1.31. The zero-order valence-corrected chi connectivity index (χ0v) is 18.4. The quantitative estimate of drug-likeness (QED) is 0.496. The van der Waals surface area contributed by atoms with E-state index in [0.717, 1.165) is 11.1 Å². The molecule has 5 rings (SSSR count). The summed E-state index contributed by atoms with van der Waals surface area (Å²) >= 11 is 0. The Balaban J connectivity index is 1.75. The number of fused-ring (bicyclic) bond motifs is 1. The summed E-state index contributed by atoms with van der Waals surface area (Å²) in [5.74, 6) is -3.04. The van der Waals surface area contributed by atoms with Crippen molar-refractivity contribution < 1.29 is 19.1 Å². The minimum absolute atomic E-state index is 0.321. The van der Waals surface area contributed by atoms with Crippen LogP contribution in [0.25, 0.3) is 0 Å². The van der Waals surface area contributed by atoms with Crippen molar-refractivity contribution in [3.05, 3.63) is 102 Å². The summed E-state index contributed by atoms with van der Waals surface area (Å²) < 4.78 is 5.26. The van der Waals surface area contributed by atoms with Crippen molar-refractivity contribution in [3.63, 3.8) is 0 Å². The minimum atomic E-state index is -1.50. The van der Waals surface area contributed by atoms with Crippen molar-refractivity contribution in [1.82, 2.24) is 5.32 Å². The number of nitrogens with zero attached hydrogens (tertiary/aromatic N) is 1. The Kier molecular flexibility index (Phi) is 5.10. The summed E-state index contributed by atoms with van der Waals surface area (Å²) in [6, 6.07) is 25.1. The molecule has 2 aliphatic rings. The molecule has 0 aromatic heterocycles. The van der Waals surface area contributed by atoms with Crippen molar-refractivity contribution in [3.8, 4) is 0 Å². The zero-order valence-electron chi connectivity index (χ0n) is 18.4. The fraction of sp³-hybridized carbons (Fsp3) is 0.222. The smallest absolute Gasteiger partial charge is 0.331 e. The van der Waals surface area contributed by atoms with Gasteiger partial charge in [-0.05, 0) is 35.7 Å². The average Bonchev–Trinajstić information content (AvgIpc) is 3.34. The van der Waals surface area contributed by atoms with Gasteiger partial charge in [0, 0.05) is 6.04 Å². The third-order valence-electron chi connectivity index (χ3n) is 6.83. The molecule has 2 fully saturated rings. The molecule has 2 saturated heterocycles. The molecule has 2 amide bonds. The Morgan fingerprint density at radius 1 is 0.879 bits per heavy atom. The summed E-state index contributed by atoms with van der Waals surface area (Å²) in [4.78, 5) is 42.5. The Bertz CT molecular complexity index is 1230. The number of carbonyl (C=O) groups excluding carboxylic acids is 3. The van der Waals surface area contributed by atoms with Crippen LogP contribution in [0.2, 0.25) is 0 Å². The summed E-state index contributed by atoms with van der Waals surface area (Å²) in [6.45, 7) is 1.96. The average molecular weight is 440 g/mol. The third kappa shape index (κ3) is 3.02. The molecular formula is C27H24N2O4. The topological polar surface area (TPSA) is 75.7 Å². The molecule has 33 heavy (non-hydrogen) atoms. The summed E-state index contributed by atoms with van der Waals surface area (Å²) in [5.41, 5.74) is 1.45. The van der Waals surface area contributed by atoms with E-state index in [1.807, 2.05) is 55.5 Å². The molecule has 1 N–H and O–H groups in total. The molecule has 0 spiro atoms. The Hall–Kier alpha value is -3.77. The van der Waals surface area contributed by atoms with Gasteiger partial charge in [-0.15, -0.1) is 0 Å². The second-order valence-corrected chi connectivity index (χ2v) is 8.50. The van der Waals surface area contributed by atoms with Gasteiger partial charge in [-0.3, -0.25) is 14.9 Å². The number of aryl methyl sites for hydroxylation is 1. The fourth-order valence-electron chi connectivity index (χ4n) is 5.37. The number of amides is 2. The first kappa shape index (κ1) is 21.1.